The smallest absolute Gasteiger partial charge is 0.408 e. The monoisotopic (exact) mass is 468 g/mol. The largest absolute Gasteiger partial charge is 0.491 e. The lowest BCUT2D eigenvalue weighted by Gasteiger charge is -2.42. The number of halogens is 5. The summed E-state index contributed by atoms with van der Waals surface area (Å²) in [7, 11) is 0. The van der Waals surface area contributed by atoms with E-state index >= 15 is 0 Å². The predicted octanol–water partition coefficient (Wildman–Crippen LogP) is 3.74. The zero-order valence-electron chi connectivity index (χ0n) is 17.5. The van der Waals surface area contributed by atoms with Gasteiger partial charge in [-0.05, 0) is 18.9 Å². The highest BCUT2D eigenvalue weighted by molar-refractivity contribution is 5.70. The standard InChI is InChI=1S/C22H21F5N4O2/c23-21(24)5-3-14-18(29-20(30-19(14)21)31-6-4-17(31)22(25,26)27)11-1-2-13-15(10-33-16(13)7-11)28-12-8-32-9-12/h1-2,7,12,15,17,28H,3-6,8-10H2/t15-,17+/m0/s1. The summed E-state index contributed by atoms with van der Waals surface area (Å²) in [6, 6.07) is 3.85. The molecular formula is C22H21F5N4O2. The van der Waals surface area contributed by atoms with Gasteiger partial charge in [0.15, 0.2) is 0 Å². The van der Waals surface area contributed by atoms with Crippen LogP contribution in [0.15, 0.2) is 18.2 Å². The van der Waals surface area contributed by atoms with Crippen molar-refractivity contribution < 1.29 is 31.4 Å². The lowest BCUT2D eigenvalue weighted by molar-refractivity contribution is -0.160. The van der Waals surface area contributed by atoms with E-state index in [0.717, 1.165) is 10.5 Å². The zero-order valence-corrected chi connectivity index (χ0v) is 17.5. The Balaban J connectivity index is 1.38. The van der Waals surface area contributed by atoms with E-state index in [4.69, 9.17) is 9.47 Å². The van der Waals surface area contributed by atoms with E-state index in [9.17, 15) is 22.0 Å². The normalized spacial score (nSPS) is 25.8. The Hall–Kier alpha value is -2.53. The minimum absolute atomic E-state index is 0.00686. The number of alkyl halides is 5. The van der Waals surface area contributed by atoms with E-state index in [0.29, 0.717) is 31.1 Å². The van der Waals surface area contributed by atoms with E-state index in [-0.39, 0.29) is 48.7 Å². The molecule has 1 aromatic carbocycles. The van der Waals surface area contributed by atoms with Gasteiger partial charge in [-0.25, -0.2) is 9.97 Å². The molecule has 2 fully saturated rings. The fourth-order valence-electron chi connectivity index (χ4n) is 4.86. The van der Waals surface area contributed by atoms with Crippen molar-refractivity contribution in [3.8, 4) is 17.0 Å². The Bertz CT molecular complexity index is 1100. The van der Waals surface area contributed by atoms with Gasteiger partial charge >= 0.3 is 6.18 Å². The highest BCUT2D eigenvalue weighted by atomic mass is 19.4. The fourth-order valence-corrected chi connectivity index (χ4v) is 4.86. The van der Waals surface area contributed by atoms with Gasteiger partial charge in [0.1, 0.15) is 24.1 Å². The Kier molecular flexibility index (Phi) is 4.61. The van der Waals surface area contributed by atoms with Crippen LogP contribution in [0.25, 0.3) is 11.3 Å². The molecule has 2 saturated heterocycles. The van der Waals surface area contributed by atoms with Crippen LogP contribution < -0.4 is 15.0 Å². The van der Waals surface area contributed by atoms with Crippen LogP contribution in [0.3, 0.4) is 0 Å². The Morgan fingerprint density at radius 2 is 1.94 bits per heavy atom. The molecule has 1 aromatic heterocycles. The first kappa shape index (κ1) is 21.0. The van der Waals surface area contributed by atoms with Crippen LogP contribution in [0, 0.1) is 0 Å². The SMILES string of the molecule is FC1(F)CCc2c(-c3ccc4c(c3)OC[C@@H]4NC3COC3)nc(N3CC[C@@H]3C(F)(F)F)nc21. The van der Waals surface area contributed by atoms with Crippen LogP contribution in [0.5, 0.6) is 5.75 Å². The summed E-state index contributed by atoms with van der Waals surface area (Å²) in [5, 5.41) is 3.45. The molecule has 0 bridgehead atoms. The van der Waals surface area contributed by atoms with Crippen LogP contribution in [-0.2, 0) is 17.1 Å². The maximum Gasteiger partial charge on any atom is 0.408 e. The number of hydrogen-bond donors (Lipinski definition) is 1. The number of ether oxygens (including phenoxy) is 2. The molecule has 4 aliphatic rings. The second-order valence-corrected chi connectivity index (χ2v) is 8.96. The number of nitrogens with zero attached hydrogens (tertiary/aromatic N) is 3. The Morgan fingerprint density at radius 3 is 2.61 bits per heavy atom. The molecular weight excluding hydrogens is 447 g/mol. The van der Waals surface area contributed by atoms with Crippen molar-refractivity contribution in [2.24, 2.45) is 0 Å². The van der Waals surface area contributed by atoms with Gasteiger partial charge in [-0.2, -0.15) is 22.0 Å². The van der Waals surface area contributed by atoms with Crippen LogP contribution >= 0.6 is 0 Å². The van der Waals surface area contributed by atoms with Gasteiger partial charge in [-0.1, -0.05) is 12.1 Å². The molecule has 0 saturated carbocycles. The van der Waals surface area contributed by atoms with Crippen molar-refractivity contribution in [1.82, 2.24) is 15.3 Å². The average Bonchev–Trinajstić information content (AvgIpc) is 3.22. The fraction of sp³-hybridized carbons (Fsp3) is 0.545. The summed E-state index contributed by atoms with van der Waals surface area (Å²) in [6.07, 6.45) is -4.96. The van der Waals surface area contributed by atoms with Crippen molar-refractivity contribution >= 4 is 5.95 Å². The zero-order chi connectivity index (χ0) is 23.0. The third-order valence-electron chi connectivity index (χ3n) is 6.83. The number of hydrogen-bond acceptors (Lipinski definition) is 6. The molecule has 6 rings (SSSR count). The topological polar surface area (TPSA) is 59.5 Å². The van der Waals surface area contributed by atoms with Gasteiger partial charge in [0, 0.05) is 29.7 Å². The molecule has 0 unspecified atom stereocenters. The molecule has 33 heavy (non-hydrogen) atoms. The Labute approximate surface area is 186 Å². The predicted molar refractivity (Wildman–Crippen MR) is 107 cm³/mol. The van der Waals surface area contributed by atoms with E-state index in [1.807, 2.05) is 6.07 Å². The van der Waals surface area contributed by atoms with E-state index in [1.165, 1.54) is 0 Å². The Morgan fingerprint density at radius 1 is 1.12 bits per heavy atom. The second kappa shape index (κ2) is 7.23. The van der Waals surface area contributed by atoms with Gasteiger partial charge in [0.2, 0.25) is 5.95 Å². The molecule has 6 nitrogen and oxygen atoms in total. The van der Waals surface area contributed by atoms with Crippen molar-refractivity contribution in [3.05, 3.63) is 35.0 Å². The average molecular weight is 468 g/mol. The molecule has 176 valence electrons. The summed E-state index contributed by atoms with van der Waals surface area (Å²) in [6.45, 7) is 1.79. The lowest BCUT2D eigenvalue weighted by atomic mass is 10.00. The van der Waals surface area contributed by atoms with E-state index < -0.39 is 30.3 Å². The lowest BCUT2D eigenvalue weighted by Crippen LogP contribution is -2.56. The summed E-state index contributed by atoms with van der Waals surface area (Å²) in [4.78, 5) is 9.26. The maximum absolute atomic E-state index is 14.6. The van der Waals surface area contributed by atoms with E-state index in [2.05, 4.69) is 15.3 Å². The van der Waals surface area contributed by atoms with E-state index in [1.54, 1.807) is 12.1 Å². The van der Waals surface area contributed by atoms with Crippen LogP contribution in [0.4, 0.5) is 27.9 Å². The first-order valence-electron chi connectivity index (χ1n) is 10.9. The maximum atomic E-state index is 14.6. The number of aromatic nitrogens is 2. The van der Waals surface area contributed by atoms with Gasteiger partial charge < -0.3 is 14.4 Å². The van der Waals surface area contributed by atoms with Crippen molar-refractivity contribution in [1.29, 1.82) is 0 Å². The van der Waals surface area contributed by atoms with Crippen LogP contribution in [0.2, 0.25) is 0 Å². The van der Waals surface area contributed by atoms with Crippen molar-refractivity contribution in [2.75, 3.05) is 31.3 Å². The van der Waals surface area contributed by atoms with Crippen LogP contribution in [0.1, 0.15) is 35.7 Å². The second-order valence-electron chi connectivity index (χ2n) is 8.96. The number of fused-ring (bicyclic) bond motifs is 2. The van der Waals surface area contributed by atoms with Gasteiger partial charge in [-0.15, -0.1) is 0 Å². The van der Waals surface area contributed by atoms with Crippen molar-refractivity contribution in [3.63, 3.8) is 0 Å². The molecule has 11 heteroatoms. The third-order valence-corrected chi connectivity index (χ3v) is 6.83. The molecule has 4 heterocycles. The van der Waals surface area contributed by atoms with Gasteiger partial charge in [-0.3, -0.25) is 5.32 Å². The molecule has 2 atom stereocenters. The van der Waals surface area contributed by atoms with Gasteiger partial charge in [0.05, 0.1) is 31.0 Å². The minimum Gasteiger partial charge on any atom is -0.491 e. The summed E-state index contributed by atoms with van der Waals surface area (Å²) in [5.41, 5.74) is 1.54. The molecule has 0 spiro atoms. The van der Waals surface area contributed by atoms with Gasteiger partial charge in [0.25, 0.3) is 5.92 Å². The third kappa shape index (κ3) is 3.43. The molecule has 1 aliphatic carbocycles. The number of benzene rings is 1. The number of anilines is 1. The quantitative estimate of drug-likeness (QED) is 0.690. The molecule has 0 amide bonds. The molecule has 0 radical (unpaired) electrons. The molecule has 2 aromatic rings. The van der Waals surface area contributed by atoms with Crippen molar-refractivity contribution in [2.45, 2.75) is 49.5 Å². The summed E-state index contributed by atoms with van der Waals surface area (Å²) >= 11 is 0. The number of rotatable bonds is 4. The summed E-state index contributed by atoms with van der Waals surface area (Å²) < 4.78 is 80.1. The number of nitrogens with one attached hydrogen (secondary N) is 1. The first-order valence-corrected chi connectivity index (χ1v) is 10.9. The highest BCUT2D eigenvalue weighted by Crippen LogP contribution is 2.46. The molecule has 3 aliphatic heterocycles. The first-order chi connectivity index (χ1) is 15.7. The van der Waals surface area contributed by atoms with Crippen LogP contribution in [-0.4, -0.2) is 54.6 Å². The minimum atomic E-state index is -4.47. The highest BCUT2D eigenvalue weighted by Gasteiger charge is 2.51. The molecule has 1 N–H and O–H groups in total. The summed E-state index contributed by atoms with van der Waals surface area (Å²) in [5.74, 6) is -2.89.